The molecule has 27 heavy (non-hydrogen) atoms. The summed E-state index contributed by atoms with van der Waals surface area (Å²) >= 11 is 11.3. The Morgan fingerprint density at radius 1 is 0.889 bits per heavy atom. The van der Waals surface area contributed by atoms with Crippen LogP contribution in [0.25, 0.3) is 0 Å². The van der Waals surface area contributed by atoms with Gasteiger partial charge in [0.2, 0.25) is 9.84 Å². The topological polar surface area (TPSA) is 141 Å². The Bertz CT molecular complexity index is 1070. The Labute approximate surface area is 209 Å². The molecule has 0 fully saturated rings. The van der Waals surface area contributed by atoms with Crippen LogP contribution in [0.2, 0.25) is 10.0 Å². The molecule has 14 heteroatoms. The van der Waals surface area contributed by atoms with Gasteiger partial charge in [0, 0.05) is 0 Å². The molecule has 0 bridgehead atoms. The number of carbonyl (C=O) groups is 1. The van der Waals surface area contributed by atoms with Crippen molar-refractivity contribution in [3.8, 4) is 0 Å². The molecule has 0 aliphatic rings. The van der Waals surface area contributed by atoms with E-state index in [1.165, 1.54) is 0 Å². The summed E-state index contributed by atoms with van der Waals surface area (Å²) in [5.74, 6) is -1.40. The molecule has 0 saturated heterocycles. The number of hydrogen-bond donors (Lipinski definition) is 0. The summed E-state index contributed by atoms with van der Waals surface area (Å²) in [4.78, 5) is 12.6. The SMILES string of the molecule is O=C(O[O-])c1cc(S(=O)(=O)c2ccc(Cl)c(S(=O)(=O)[O-])c2)ccc1Cl.[Na+].[Na+]. The van der Waals surface area contributed by atoms with E-state index in [4.69, 9.17) is 23.2 Å². The van der Waals surface area contributed by atoms with Crippen LogP contribution in [-0.2, 0) is 24.8 Å². The summed E-state index contributed by atoms with van der Waals surface area (Å²) < 4.78 is 58.6. The monoisotopic (exact) mass is 470 g/mol. The number of rotatable bonds is 4. The predicted molar refractivity (Wildman–Crippen MR) is 81.7 cm³/mol. The van der Waals surface area contributed by atoms with E-state index in [0.29, 0.717) is 6.07 Å². The summed E-state index contributed by atoms with van der Waals surface area (Å²) in [5, 5.41) is 9.57. The van der Waals surface area contributed by atoms with Crippen LogP contribution in [0.3, 0.4) is 0 Å². The summed E-state index contributed by atoms with van der Waals surface area (Å²) in [6, 6.07) is 5.37. The number of hydrogen-bond acceptors (Lipinski definition) is 8. The molecule has 0 amide bonds. The van der Waals surface area contributed by atoms with Gasteiger partial charge < -0.3 is 14.7 Å². The molecule has 0 atom stereocenters. The summed E-state index contributed by atoms with van der Waals surface area (Å²) in [7, 11) is -9.36. The molecule has 0 N–H and O–H groups in total. The molecule has 2 aromatic carbocycles. The third-order valence-corrected chi connectivity index (χ3v) is 6.42. The van der Waals surface area contributed by atoms with Crippen molar-refractivity contribution in [1.29, 1.82) is 0 Å². The minimum absolute atomic E-state index is 0. The Morgan fingerprint density at radius 3 is 1.85 bits per heavy atom. The fraction of sp³-hybridized carbons (Fsp3) is 0. The van der Waals surface area contributed by atoms with Gasteiger partial charge in [-0.3, -0.25) is 0 Å². The van der Waals surface area contributed by atoms with Gasteiger partial charge in [0.25, 0.3) is 0 Å². The smallest absolute Gasteiger partial charge is 0.744 e. The standard InChI is InChI=1S/C13H8Cl2O8S2.2Na/c14-10-3-1-7(5-9(10)13(16)23-17)24(18,19)8-2-4-11(15)12(6-8)25(20,21)22;;/h1-6,17H,(H,20,21,22);;/q;2*+1/p-2. The zero-order valence-electron chi connectivity index (χ0n) is 13.8. The van der Waals surface area contributed by atoms with Crippen molar-refractivity contribution in [2.75, 3.05) is 0 Å². The van der Waals surface area contributed by atoms with Crippen LogP contribution in [0.1, 0.15) is 10.4 Å². The van der Waals surface area contributed by atoms with Gasteiger partial charge in [-0.2, -0.15) is 0 Å². The van der Waals surface area contributed by atoms with Crippen molar-refractivity contribution in [1.82, 2.24) is 0 Å². The first kappa shape index (κ1) is 27.3. The first-order chi connectivity index (χ1) is 11.5. The summed E-state index contributed by atoms with van der Waals surface area (Å²) in [5.41, 5.74) is -0.497. The van der Waals surface area contributed by atoms with E-state index >= 15 is 0 Å². The third-order valence-electron chi connectivity index (χ3n) is 3.03. The van der Waals surface area contributed by atoms with E-state index in [9.17, 15) is 31.4 Å². The molecular formula is C13H6Cl2Na2O8S2. The Kier molecular flexibility index (Phi) is 10.5. The second kappa shape index (κ2) is 10.4. The van der Waals surface area contributed by atoms with Crippen molar-refractivity contribution >= 4 is 49.1 Å². The van der Waals surface area contributed by atoms with Gasteiger partial charge in [-0.15, -0.1) is 0 Å². The molecule has 0 unspecified atom stereocenters. The van der Waals surface area contributed by atoms with Gasteiger partial charge in [-0.25, -0.2) is 21.6 Å². The first-order valence-electron chi connectivity index (χ1n) is 6.12. The number of carbonyl (C=O) groups excluding carboxylic acids is 1. The van der Waals surface area contributed by atoms with Crippen LogP contribution in [0, 0.1) is 0 Å². The molecule has 0 aliphatic heterocycles. The van der Waals surface area contributed by atoms with Crippen molar-refractivity contribution in [2.24, 2.45) is 0 Å². The van der Waals surface area contributed by atoms with Crippen LogP contribution in [0.4, 0.5) is 0 Å². The van der Waals surface area contributed by atoms with Gasteiger partial charge in [0.05, 0.1) is 30.3 Å². The number of sulfone groups is 1. The zero-order chi connectivity index (χ0) is 19.0. The Balaban J connectivity index is 0.00000338. The quantitative estimate of drug-likeness (QED) is 0.187. The van der Waals surface area contributed by atoms with E-state index in [0.717, 1.165) is 30.3 Å². The van der Waals surface area contributed by atoms with Gasteiger partial charge in [0.1, 0.15) is 10.1 Å². The van der Waals surface area contributed by atoms with Crippen LogP contribution in [0.15, 0.2) is 51.1 Å². The molecule has 0 spiro atoms. The number of halogens is 2. The van der Waals surface area contributed by atoms with Crippen LogP contribution in [-0.4, -0.2) is 27.4 Å². The fourth-order valence-electron chi connectivity index (χ4n) is 1.85. The fourth-order valence-corrected chi connectivity index (χ4v) is 4.41. The van der Waals surface area contributed by atoms with Crippen molar-refractivity contribution < 1.29 is 95.4 Å². The van der Waals surface area contributed by atoms with E-state index in [2.05, 4.69) is 4.89 Å². The first-order valence-corrected chi connectivity index (χ1v) is 9.77. The van der Waals surface area contributed by atoms with Crippen molar-refractivity contribution in [3.05, 3.63) is 52.0 Å². The second-order valence-corrected chi connectivity index (χ2v) is 8.67. The molecule has 0 saturated carbocycles. The average Bonchev–Trinajstić information content (AvgIpc) is 2.53. The molecule has 134 valence electrons. The number of benzene rings is 2. The van der Waals surface area contributed by atoms with E-state index in [1.54, 1.807) is 0 Å². The average molecular weight is 471 g/mol. The molecular weight excluding hydrogens is 465 g/mol. The molecule has 0 radical (unpaired) electrons. The van der Waals surface area contributed by atoms with Crippen molar-refractivity contribution in [3.63, 3.8) is 0 Å². The maximum atomic E-state index is 12.6. The van der Waals surface area contributed by atoms with Gasteiger partial charge >= 0.3 is 65.1 Å². The zero-order valence-corrected chi connectivity index (χ0v) is 20.9. The van der Waals surface area contributed by atoms with E-state index < -0.39 is 51.2 Å². The van der Waals surface area contributed by atoms with Crippen LogP contribution < -0.4 is 64.4 Å². The van der Waals surface area contributed by atoms with Crippen LogP contribution >= 0.6 is 23.2 Å². The maximum absolute atomic E-state index is 12.6. The molecule has 0 aliphatic carbocycles. The second-order valence-electron chi connectivity index (χ2n) is 4.56. The predicted octanol–water partition coefficient (Wildman–Crippen LogP) is -4.83. The van der Waals surface area contributed by atoms with Crippen molar-refractivity contribution in [2.45, 2.75) is 14.7 Å². The van der Waals surface area contributed by atoms with Gasteiger partial charge in [-0.1, -0.05) is 23.2 Å². The van der Waals surface area contributed by atoms with E-state index in [-0.39, 0.29) is 64.1 Å². The molecule has 0 aromatic heterocycles. The Morgan fingerprint density at radius 2 is 1.37 bits per heavy atom. The summed E-state index contributed by atoms with van der Waals surface area (Å²) in [6.07, 6.45) is 0. The van der Waals surface area contributed by atoms with Gasteiger partial charge in [0.15, 0.2) is 0 Å². The van der Waals surface area contributed by atoms with Gasteiger partial charge in [-0.05, 0) is 36.4 Å². The minimum atomic E-state index is -5.01. The molecule has 2 rings (SSSR count). The molecule has 2 aromatic rings. The molecule has 0 heterocycles. The van der Waals surface area contributed by atoms with Crippen LogP contribution in [0.5, 0.6) is 0 Å². The molecule has 8 nitrogen and oxygen atoms in total. The largest absolute Gasteiger partial charge is 1.00 e. The Hall–Kier alpha value is 0.310. The maximum Gasteiger partial charge on any atom is 1.00 e. The summed E-state index contributed by atoms with van der Waals surface area (Å²) in [6.45, 7) is 0. The minimum Gasteiger partial charge on any atom is -0.744 e. The normalized spacial score (nSPS) is 11.1. The third kappa shape index (κ3) is 6.14. The van der Waals surface area contributed by atoms with E-state index in [1.807, 2.05) is 0 Å².